The molecule has 0 heterocycles. The Balaban J connectivity index is -0.0000000917. The monoisotopic (exact) mass is 296 g/mol. The highest BCUT2D eigenvalue weighted by molar-refractivity contribution is 5.80. The first-order chi connectivity index (χ1) is 8.86. The zero-order valence-corrected chi connectivity index (χ0v) is 11.4. The Morgan fingerprint density at radius 3 is 1.10 bits per heavy atom. The van der Waals surface area contributed by atoms with Gasteiger partial charge in [0, 0.05) is 39.1 Å². The van der Waals surface area contributed by atoms with E-state index < -0.39 is 23.9 Å². The van der Waals surface area contributed by atoms with Gasteiger partial charge in [-0.25, -0.2) is 4.79 Å². The van der Waals surface area contributed by atoms with E-state index in [1.807, 2.05) is 0 Å². The Morgan fingerprint density at radius 2 is 1.05 bits per heavy atom. The fourth-order valence-electron chi connectivity index (χ4n) is 0.218. The molecule has 0 radical (unpaired) electrons. The maximum Gasteiger partial charge on any atom is 0.330 e. The van der Waals surface area contributed by atoms with Crippen LogP contribution in [0.5, 0.6) is 0 Å². The summed E-state index contributed by atoms with van der Waals surface area (Å²) in [5, 5.41) is 30.3. The van der Waals surface area contributed by atoms with Crippen molar-refractivity contribution in [3.63, 3.8) is 0 Å². The molecule has 0 aliphatic heterocycles. The van der Waals surface area contributed by atoms with Gasteiger partial charge < -0.3 is 31.9 Å². The van der Waals surface area contributed by atoms with Crippen LogP contribution in [0.1, 0.15) is 20.8 Å². The topological polar surface area (TPSA) is 201 Å². The molecule has 0 saturated carbocycles. The van der Waals surface area contributed by atoms with Gasteiger partial charge in [0.1, 0.15) is 0 Å². The van der Waals surface area contributed by atoms with Crippen LogP contribution in [-0.4, -0.2) is 50.8 Å². The molecule has 10 heteroatoms. The zero-order chi connectivity index (χ0) is 17.3. The third-order valence-electron chi connectivity index (χ3n) is 0.545. The fourth-order valence-corrected chi connectivity index (χ4v) is 0.218. The fraction of sp³-hybridized carbons (Fsp3) is 0.400. The van der Waals surface area contributed by atoms with Crippen molar-refractivity contribution in [3.05, 3.63) is 11.8 Å². The number of hydrogen-bond donors (Lipinski definition) is 6. The van der Waals surface area contributed by atoms with Crippen molar-refractivity contribution < 1.29 is 39.6 Å². The molecule has 0 saturated heterocycles. The quantitative estimate of drug-likeness (QED) is 0.348. The number of hydrogen-bond acceptors (Lipinski definition) is 6. The molecular weight excluding hydrogens is 276 g/mol. The lowest BCUT2D eigenvalue weighted by atomic mass is 10.4. The molecule has 0 aromatic rings. The highest BCUT2D eigenvalue weighted by Gasteiger charge is 1.89. The summed E-state index contributed by atoms with van der Waals surface area (Å²) in [6.45, 7) is 3.34. The second kappa shape index (κ2) is 18.7. The molecule has 0 rings (SSSR count). The molecule has 20 heavy (non-hydrogen) atoms. The van der Waals surface area contributed by atoms with Crippen LogP contribution in [0.3, 0.4) is 0 Å². The average molecular weight is 296 g/mol. The predicted octanol–water partition coefficient (Wildman–Crippen LogP) is -0.855. The summed E-state index contributed by atoms with van der Waals surface area (Å²) < 4.78 is 0. The SMILES string of the molecule is CC(=O)O.CC(=O)O.CC(=O)O.NCC(N)=CC(=O)O. The van der Waals surface area contributed by atoms with Gasteiger partial charge in [0.2, 0.25) is 0 Å². The van der Waals surface area contributed by atoms with Gasteiger partial charge in [-0.05, 0) is 0 Å². The van der Waals surface area contributed by atoms with Crippen molar-refractivity contribution in [2.75, 3.05) is 6.54 Å². The van der Waals surface area contributed by atoms with Crippen LogP contribution in [0.4, 0.5) is 0 Å². The van der Waals surface area contributed by atoms with Crippen LogP contribution in [0.15, 0.2) is 11.8 Å². The van der Waals surface area contributed by atoms with Crippen LogP contribution in [-0.2, 0) is 19.2 Å². The van der Waals surface area contributed by atoms with Crippen LogP contribution >= 0.6 is 0 Å². The van der Waals surface area contributed by atoms with E-state index in [0.29, 0.717) is 0 Å². The van der Waals surface area contributed by atoms with Gasteiger partial charge >= 0.3 is 5.97 Å². The average Bonchev–Trinajstić information content (AvgIpc) is 2.13. The molecule has 0 atom stereocenters. The van der Waals surface area contributed by atoms with Gasteiger partial charge in [0.05, 0.1) is 0 Å². The molecular formula is C10H20N2O8. The molecule has 0 aliphatic rings. The number of aliphatic carboxylic acids is 4. The summed E-state index contributed by atoms with van der Waals surface area (Å²) in [6.07, 6.45) is 0.875. The van der Waals surface area contributed by atoms with Crippen molar-refractivity contribution in [2.45, 2.75) is 20.8 Å². The van der Waals surface area contributed by atoms with Crippen molar-refractivity contribution in [1.82, 2.24) is 0 Å². The van der Waals surface area contributed by atoms with Crippen molar-refractivity contribution in [1.29, 1.82) is 0 Å². The predicted molar refractivity (Wildman–Crippen MR) is 68.9 cm³/mol. The van der Waals surface area contributed by atoms with E-state index in [4.69, 9.17) is 46.3 Å². The number of carboxylic acids is 4. The number of carbonyl (C=O) groups is 4. The molecule has 0 aromatic heterocycles. The molecule has 0 amide bonds. The summed E-state index contributed by atoms with van der Waals surface area (Å²) in [5.41, 5.74) is 10.2. The van der Waals surface area contributed by atoms with Crippen LogP contribution in [0.2, 0.25) is 0 Å². The number of nitrogens with two attached hydrogens (primary N) is 2. The van der Waals surface area contributed by atoms with Gasteiger partial charge in [0.25, 0.3) is 17.9 Å². The zero-order valence-electron chi connectivity index (χ0n) is 11.4. The summed E-state index contributed by atoms with van der Waals surface area (Å²) >= 11 is 0. The summed E-state index contributed by atoms with van der Waals surface area (Å²) in [7, 11) is 0. The van der Waals surface area contributed by atoms with Crippen LogP contribution in [0.25, 0.3) is 0 Å². The van der Waals surface area contributed by atoms with E-state index in [-0.39, 0.29) is 12.2 Å². The third kappa shape index (κ3) is 278. The van der Waals surface area contributed by atoms with Gasteiger partial charge in [-0.1, -0.05) is 0 Å². The molecule has 8 N–H and O–H groups in total. The lowest BCUT2D eigenvalue weighted by Crippen LogP contribution is -2.12. The van der Waals surface area contributed by atoms with Gasteiger partial charge in [-0.2, -0.15) is 0 Å². The molecule has 0 bridgehead atoms. The van der Waals surface area contributed by atoms with E-state index in [2.05, 4.69) is 0 Å². The molecule has 0 fully saturated rings. The van der Waals surface area contributed by atoms with E-state index in [9.17, 15) is 4.79 Å². The lowest BCUT2D eigenvalue weighted by Gasteiger charge is -1.88. The molecule has 0 unspecified atom stereocenters. The van der Waals surface area contributed by atoms with Gasteiger partial charge in [0.15, 0.2) is 0 Å². The minimum absolute atomic E-state index is 0.0896. The van der Waals surface area contributed by atoms with Crippen molar-refractivity contribution in [3.8, 4) is 0 Å². The summed E-state index contributed by atoms with van der Waals surface area (Å²) in [5.74, 6) is -3.56. The van der Waals surface area contributed by atoms with E-state index in [0.717, 1.165) is 26.8 Å². The largest absolute Gasteiger partial charge is 0.481 e. The van der Waals surface area contributed by atoms with E-state index >= 15 is 0 Å². The molecule has 0 aliphatic carbocycles. The highest BCUT2D eigenvalue weighted by Crippen LogP contribution is 1.76. The second-order valence-corrected chi connectivity index (χ2v) is 2.82. The Kier molecular flexibility index (Phi) is 24.4. The molecule has 10 nitrogen and oxygen atoms in total. The van der Waals surface area contributed by atoms with Crippen molar-refractivity contribution >= 4 is 23.9 Å². The second-order valence-electron chi connectivity index (χ2n) is 2.82. The minimum atomic E-state index is -1.06. The normalized spacial score (nSPS) is 8.30. The molecule has 118 valence electrons. The van der Waals surface area contributed by atoms with E-state index in [1.54, 1.807) is 0 Å². The van der Waals surface area contributed by atoms with Crippen molar-refractivity contribution in [2.24, 2.45) is 11.5 Å². The Labute approximate surface area is 115 Å². The maximum atomic E-state index is 9.76. The Hall–Kier alpha value is -2.62. The standard InChI is InChI=1S/C4H8N2O2.3C2H4O2/c5-2-3(6)1-4(7)8;3*1-2(3)4/h1H,2,5-6H2,(H,7,8);3*1H3,(H,3,4). The maximum absolute atomic E-state index is 9.76. The summed E-state index contributed by atoms with van der Waals surface area (Å²) in [4.78, 5) is 36.8. The van der Waals surface area contributed by atoms with Crippen LogP contribution in [0, 0.1) is 0 Å². The minimum Gasteiger partial charge on any atom is -0.481 e. The first-order valence-electron chi connectivity index (χ1n) is 4.84. The third-order valence-corrected chi connectivity index (χ3v) is 0.545. The number of carboxylic acid groups (broad SMARTS) is 4. The molecule has 0 spiro atoms. The number of rotatable bonds is 2. The smallest absolute Gasteiger partial charge is 0.330 e. The Bertz CT molecular complexity index is 298. The highest BCUT2D eigenvalue weighted by atomic mass is 16.4. The van der Waals surface area contributed by atoms with Gasteiger partial charge in [-0.15, -0.1) is 0 Å². The first kappa shape index (κ1) is 26.0. The Morgan fingerprint density at radius 1 is 0.850 bits per heavy atom. The van der Waals surface area contributed by atoms with Crippen LogP contribution < -0.4 is 11.5 Å². The first-order valence-corrected chi connectivity index (χ1v) is 4.84. The molecule has 0 aromatic carbocycles. The lowest BCUT2D eigenvalue weighted by molar-refractivity contribution is -0.135. The summed E-state index contributed by atoms with van der Waals surface area (Å²) in [6, 6.07) is 0. The van der Waals surface area contributed by atoms with Gasteiger partial charge in [-0.3, -0.25) is 14.4 Å². The van der Waals surface area contributed by atoms with E-state index in [1.165, 1.54) is 0 Å².